The molecule has 5 nitrogen and oxygen atoms in total. The summed E-state index contributed by atoms with van der Waals surface area (Å²) in [6.07, 6.45) is 0. The molecule has 0 unspecified atom stereocenters. The first-order valence-corrected chi connectivity index (χ1v) is 10.7. The van der Waals surface area contributed by atoms with Crippen molar-refractivity contribution in [2.75, 3.05) is 0 Å². The smallest absolute Gasteiger partial charge is 0.191 e. The Kier molecular flexibility index (Phi) is 5.73. The third-order valence-corrected chi connectivity index (χ3v) is 6.49. The van der Waals surface area contributed by atoms with Gasteiger partial charge in [0.1, 0.15) is 17.4 Å². The Balaban J connectivity index is 1.79. The minimum absolute atomic E-state index is 0.224. The van der Waals surface area contributed by atoms with Crippen molar-refractivity contribution in [2.45, 2.75) is 35.0 Å². The van der Waals surface area contributed by atoms with Crippen LogP contribution < -0.4 is 0 Å². The van der Waals surface area contributed by atoms with E-state index < -0.39 is 9.84 Å². The average Bonchev–Trinajstić information content (AvgIpc) is 3.02. The maximum Gasteiger partial charge on any atom is 0.191 e. The van der Waals surface area contributed by atoms with Gasteiger partial charge in [-0.25, -0.2) is 12.8 Å². The molecule has 0 saturated carbocycles. The van der Waals surface area contributed by atoms with Crippen LogP contribution in [0.3, 0.4) is 0 Å². The molecule has 0 atom stereocenters. The Labute approximate surface area is 156 Å². The maximum absolute atomic E-state index is 13.8. The molecule has 8 heteroatoms. The molecule has 3 rings (SSSR count). The number of hydrogen-bond donors (Lipinski definition) is 0. The van der Waals surface area contributed by atoms with Crippen LogP contribution in [0.5, 0.6) is 0 Å². The van der Waals surface area contributed by atoms with Gasteiger partial charge in [0.15, 0.2) is 15.0 Å². The number of benzene rings is 2. The highest BCUT2D eigenvalue weighted by molar-refractivity contribution is 7.98. The summed E-state index contributed by atoms with van der Waals surface area (Å²) in [6.45, 7) is 2.43. The summed E-state index contributed by atoms with van der Waals surface area (Å²) >= 11 is 1.34. The van der Waals surface area contributed by atoms with E-state index in [1.165, 1.54) is 17.8 Å². The average molecular weight is 391 g/mol. The number of hydrogen-bond acceptors (Lipinski definition) is 5. The van der Waals surface area contributed by atoms with Gasteiger partial charge in [0, 0.05) is 12.3 Å². The minimum Gasteiger partial charge on any atom is -0.305 e. The van der Waals surface area contributed by atoms with E-state index in [2.05, 4.69) is 10.2 Å². The quantitative estimate of drug-likeness (QED) is 0.575. The van der Waals surface area contributed by atoms with Crippen LogP contribution in [0, 0.1) is 5.82 Å². The van der Waals surface area contributed by atoms with Crippen LogP contribution in [0.15, 0.2) is 64.6 Å². The predicted octanol–water partition coefficient (Wildman–Crippen LogP) is 3.70. The minimum atomic E-state index is -3.50. The normalized spacial score (nSPS) is 11.6. The second-order valence-electron chi connectivity index (χ2n) is 5.60. The number of rotatable bonds is 7. The molecule has 26 heavy (non-hydrogen) atoms. The van der Waals surface area contributed by atoms with Gasteiger partial charge in [-0.15, -0.1) is 10.2 Å². The lowest BCUT2D eigenvalue weighted by atomic mass is 10.2. The first-order chi connectivity index (χ1) is 12.5. The standard InChI is InChI=1S/C18H18FN3O2S2/c1-2-22-17(13-26(23,24)15-9-4-3-5-10-15)20-21-18(22)25-12-14-8-6-7-11-16(14)19/h3-11H,2,12-13H2,1H3. The summed E-state index contributed by atoms with van der Waals surface area (Å²) in [6, 6.07) is 14.8. The molecule has 1 aromatic heterocycles. The molecule has 0 saturated heterocycles. The molecule has 136 valence electrons. The third-order valence-electron chi connectivity index (χ3n) is 3.85. The van der Waals surface area contributed by atoms with Crippen LogP contribution in [0.1, 0.15) is 18.3 Å². The third kappa shape index (κ3) is 4.13. The van der Waals surface area contributed by atoms with Gasteiger partial charge in [0.25, 0.3) is 0 Å². The zero-order chi connectivity index (χ0) is 18.6. The number of aromatic nitrogens is 3. The van der Waals surface area contributed by atoms with Gasteiger partial charge in [-0.1, -0.05) is 48.2 Å². The van der Waals surface area contributed by atoms with Crippen LogP contribution in [0.25, 0.3) is 0 Å². The number of nitrogens with zero attached hydrogens (tertiary/aromatic N) is 3. The summed E-state index contributed by atoms with van der Waals surface area (Å²) in [7, 11) is -3.50. The van der Waals surface area contributed by atoms with E-state index in [-0.39, 0.29) is 16.5 Å². The van der Waals surface area contributed by atoms with E-state index in [9.17, 15) is 12.8 Å². The molecule has 0 spiro atoms. The van der Waals surface area contributed by atoms with Crippen molar-refractivity contribution in [2.24, 2.45) is 0 Å². The van der Waals surface area contributed by atoms with Crippen molar-refractivity contribution < 1.29 is 12.8 Å². The summed E-state index contributed by atoms with van der Waals surface area (Å²) in [4.78, 5) is 0.256. The van der Waals surface area contributed by atoms with Gasteiger partial charge in [0.05, 0.1) is 4.90 Å². The molecule has 0 N–H and O–H groups in total. The lowest BCUT2D eigenvalue weighted by Gasteiger charge is -2.08. The fraction of sp³-hybridized carbons (Fsp3) is 0.222. The Morgan fingerprint density at radius 1 is 1.04 bits per heavy atom. The van der Waals surface area contributed by atoms with Crippen molar-refractivity contribution in [1.82, 2.24) is 14.8 Å². The van der Waals surface area contributed by atoms with Crippen molar-refractivity contribution in [1.29, 1.82) is 0 Å². The summed E-state index contributed by atoms with van der Waals surface area (Å²) in [5.74, 6) is 0.288. The molecule has 0 aliphatic rings. The van der Waals surface area contributed by atoms with E-state index in [0.29, 0.717) is 28.8 Å². The largest absolute Gasteiger partial charge is 0.305 e. The lowest BCUT2D eigenvalue weighted by Crippen LogP contribution is -2.11. The van der Waals surface area contributed by atoms with Crippen LogP contribution >= 0.6 is 11.8 Å². The second kappa shape index (κ2) is 8.01. The SMILES string of the molecule is CCn1c(CS(=O)(=O)c2ccccc2)nnc1SCc1ccccc1F. The molecule has 1 heterocycles. The Morgan fingerprint density at radius 3 is 2.42 bits per heavy atom. The number of sulfone groups is 1. The van der Waals surface area contributed by atoms with Crippen LogP contribution in [-0.2, 0) is 27.9 Å². The van der Waals surface area contributed by atoms with Crippen molar-refractivity contribution in [3.8, 4) is 0 Å². The van der Waals surface area contributed by atoms with Gasteiger partial charge >= 0.3 is 0 Å². The molecule has 0 fully saturated rings. The highest BCUT2D eigenvalue weighted by Crippen LogP contribution is 2.24. The molecule has 3 aromatic rings. The van der Waals surface area contributed by atoms with E-state index in [1.807, 2.05) is 6.92 Å². The topological polar surface area (TPSA) is 64.8 Å². The Bertz CT molecular complexity index is 989. The predicted molar refractivity (Wildman–Crippen MR) is 99.0 cm³/mol. The molecule has 0 aliphatic carbocycles. The van der Waals surface area contributed by atoms with Gasteiger partial charge < -0.3 is 4.57 Å². The zero-order valence-corrected chi connectivity index (χ0v) is 15.8. The first-order valence-electron chi connectivity index (χ1n) is 8.07. The second-order valence-corrected chi connectivity index (χ2v) is 8.53. The van der Waals surface area contributed by atoms with Crippen LogP contribution in [0.2, 0.25) is 0 Å². The van der Waals surface area contributed by atoms with Crippen molar-refractivity contribution in [3.63, 3.8) is 0 Å². The van der Waals surface area contributed by atoms with Gasteiger partial charge in [0.2, 0.25) is 0 Å². The Hall–Kier alpha value is -2.19. The molecule has 0 radical (unpaired) electrons. The Morgan fingerprint density at radius 2 is 1.73 bits per heavy atom. The van der Waals surface area contributed by atoms with Crippen molar-refractivity contribution >= 4 is 21.6 Å². The fourth-order valence-corrected chi connectivity index (χ4v) is 4.79. The molecule has 0 bridgehead atoms. The zero-order valence-electron chi connectivity index (χ0n) is 14.2. The number of thioether (sulfide) groups is 1. The van der Waals surface area contributed by atoms with Gasteiger partial charge in [-0.2, -0.15) is 0 Å². The molecule has 2 aromatic carbocycles. The highest BCUT2D eigenvalue weighted by Gasteiger charge is 2.21. The summed E-state index contributed by atoms with van der Waals surface area (Å²) in [5, 5.41) is 8.73. The van der Waals surface area contributed by atoms with Crippen LogP contribution in [-0.4, -0.2) is 23.2 Å². The summed E-state index contributed by atoms with van der Waals surface area (Å²) < 4.78 is 40.6. The van der Waals surface area contributed by atoms with E-state index in [0.717, 1.165) is 0 Å². The first kappa shape index (κ1) is 18.6. The molecule has 0 amide bonds. The maximum atomic E-state index is 13.8. The van der Waals surface area contributed by atoms with Crippen molar-refractivity contribution in [3.05, 3.63) is 71.8 Å². The van der Waals surface area contributed by atoms with E-state index >= 15 is 0 Å². The van der Waals surface area contributed by atoms with E-state index in [4.69, 9.17) is 0 Å². The highest BCUT2D eigenvalue weighted by atomic mass is 32.2. The molecule has 0 aliphatic heterocycles. The monoisotopic (exact) mass is 391 g/mol. The fourth-order valence-electron chi connectivity index (χ4n) is 2.49. The van der Waals surface area contributed by atoms with E-state index in [1.54, 1.807) is 53.1 Å². The number of halogens is 1. The molecular weight excluding hydrogens is 373 g/mol. The lowest BCUT2D eigenvalue weighted by molar-refractivity contribution is 0.588. The van der Waals surface area contributed by atoms with Gasteiger partial charge in [-0.3, -0.25) is 0 Å². The van der Waals surface area contributed by atoms with Crippen LogP contribution in [0.4, 0.5) is 4.39 Å². The molecular formula is C18H18FN3O2S2. The summed E-state index contributed by atoms with van der Waals surface area (Å²) in [5.41, 5.74) is 0.571. The van der Waals surface area contributed by atoms with Gasteiger partial charge in [-0.05, 0) is 30.7 Å².